The van der Waals surface area contributed by atoms with Gasteiger partial charge in [-0.25, -0.2) is 18.1 Å². The maximum Gasteiger partial charge on any atom is 0.246 e. The van der Waals surface area contributed by atoms with E-state index in [9.17, 15) is 13.2 Å². The first kappa shape index (κ1) is 27.0. The van der Waals surface area contributed by atoms with Gasteiger partial charge in [0.15, 0.2) is 0 Å². The highest BCUT2D eigenvalue weighted by molar-refractivity contribution is 7.90. The molecule has 1 aromatic heterocycles. The lowest BCUT2D eigenvalue weighted by atomic mass is 10.1. The molecule has 11 heteroatoms. The van der Waals surface area contributed by atoms with E-state index in [0.29, 0.717) is 11.8 Å². The second-order valence-corrected chi connectivity index (χ2v) is 11.8. The van der Waals surface area contributed by atoms with E-state index in [0.717, 1.165) is 47.3 Å². The quantitative estimate of drug-likeness (QED) is 0.331. The highest BCUT2D eigenvalue weighted by atomic mass is 32.2. The summed E-state index contributed by atoms with van der Waals surface area (Å²) >= 11 is 0. The van der Waals surface area contributed by atoms with Crippen molar-refractivity contribution in [3.63, 3.8) is 0 Å². The molecule has 0 radical (unpaired) electrons. The molecule has 3 aromatic rings. The van der Waals surface area contributed by atoms with Crippen LogP contribution >= 0.6 is 0 Å². The number of morpholine rings is 1. The first-order chi connectivity index (χ1) is 18.8. The van der Waals surface area contributed by atoms with Crippen LogP contribution in [0, 0.1) is 6.92 Å². The van der Waals surface area contributed by atoms with Gasteiger partial charge in [-0.1, -0.05) is 32.0 Å². The fourth-order valence-corrected chi connectivity index (χ4v) is 6.05. The van der Waals surface area contributed by atoms with Crippen LogP contribution in [0.2, 0.25) is 0 Å². The van der Waals surface area contributed by atoms with Gasteiger partial charge in [0.1, 0.15) is 12.4 Å². The molecule has 4 N–H and O–H groups in total. The topological polar surface area (TPSA) is 134 Å². The van der Waals surface area contributed by atoms with E-state index in [2.05, 4.69) is 30.6 Å². The molecule has 1 amide bonds. The van der Waals surface area contributed by atoms with Crippen molar-refractivity contribution in [3.05, 3.63) is 70.9 Å². The molecule has 0 unspecified atom stereocenters. The summed E-state index contributed by atoms with van der Waals surface area (Å²) in [5, 5.41) is 9.38. The Morgan fingerprint density at radius 2 is 1.79 bits per heavy atom. The number of hydrogen-bond donors (Lipinski definition) is 4. The van der Waals surface area contributed by atoms with Gasteiger partial charge in [-0.3, -0.25) is 4.79 Å². The van der Waals surface area contributed by atoms with Crippen LogP contribution in [0.15, 0.2) is 48.7 Å². The normalized spacial score (nSPS) is 19.7. The molecule has 2 fully saturated rings. The predicted molar refractivity (Wildman–Crippen MR) is 151 cm³/mol. The van der Waals surface area contributed by atoms with Crippen LogP contribution in [0.25, 0.3) is 0 Å². The van der Waals surface area contributed by atoms with Crippen LogP contribution in [0.5, 0.6) is 0 Å². The average molecular weight is 551 g/mol. The van der Waals surface area contributed by atoms with E-state index in [1.807, 2.05) is 63.2 Å². The van der Waals surface area contributed by atoms with Crippen molar-refractivity contribution in [1.29, 1.82) is 0 Å². The highest BCUT2D eigenvalue weighted by Crippen LogP contribution is 2.37. The number of anilines is 4. The van der Waals surface area contributed by atoms with Gasteiger partial charge in [0.2, 0.25) is 21.9 Å². The molecule has 0 bridgehead atoms. The van der Waals surface area contributed by atoms with Crippen molar-refractivity contribution in [1.82, 2.24) is 20.0 Å². The smallest absolute Gasteiger partial charge is 0.246 e. The first-order valence-corrected chi connectivity index (χ1v) is 14.9. The van der Waals surface area contributed by atoms with Crippen LogP contribution in [-0.4, -0.2) is 42.3 Å². The number of carbonyl (C=O) groups is 1. The van der Waals surface area contributed by atoms with Crippen molar-refractivity contribution in [2.75, 3.05) is 17.2 Å². The Balaban J connectivity index is 0.00000151. The van der Waals surface area contributed by atoms with Crippen LogP contribution in [0.1, 0.15) is 55.0 Å². The van der Waals surface area contributed by atoms with Crippen LogP contribution in [0.4, 0.5) is 23.1 Å². The van der Waals surface area contributed by atoms with Crippen LogP contribution in [-0.2, 0) is 32.5 Å². The van der Waals surface area contributed by atoms with Gasteiger partial charge in [-0.05, 0) is 60.7 Å². The van der Waals surface area contributed by atoms with E-state index < -0.39 is 10.0 Å². The van der Waals surface area contributed by atoms with Crippen molar-refractivity contribution in [2.24, 2.45) is 0 Å². The summed E-state index contributed by atoms with van der Waals surface area (Å²) in [6.07, 6.45) is 3.99. The van der Waals surface area contributed by atoms with Gasteiger partial charge in [0, 0.05) is 36.1 Å². The summed E-state index contributed by atoms with van der Waals surface area (Å²) in [5.74, 6) is 1.00. The van der Waals surface area contributed by atoms with Crippen molar-refractivity contribution < 1.29 is 17.9 Å². The molecular weight excluding hydrogens is 516 g/mol. The zero-order valence-corrected chi connectivity index (χ0v) is 23.1. The third kappa shape index (κ3) is 6.21. The molecule has 2 aliphatic carbocycles. The number of carbonyl (C=O) groups excluding carboxylic acids is 1. The van der Waals surface area contributed by atoms with Crippen molar-refractivity contribution in [3.8, 4) is 0 Å². The Morgan fingerprint density at radius 1 is 1.05 bits per heavy atom. The summed E-state index contributed by atoms with van der Waals surface area (Å²) in [4.78, 5) is 20.9. The van der Waals surface area contributed by atoms with Gasteiger partial charge < -0.3 is 20.7 Å². The standard InChI is InChI=1S/C26H28N6O4S.C2H6/c1-15-12-27-26(30-19-7-4-17-10-22-24(21(17)11-19)31-23(33)14-36-22)32-25(15)29-18-5-2-16(3-6-18)13-28-37(34,35)20-8-9-20;1-2/h2-7,11-12,20,22,24,28H,8-10,13-14H2,1H3,(H,31,33)(H2,27,29,30,32);1-2H3/t22-,24+;/m1./s1. The highest BCUT2D eigenvalue weighted by Gasteiger charge is 2.38. The van der Waals surface area contributed by atoms with E-state index in [4.69, 9.17) is 4.74 Å². The Kier molecular flexibility index (Phi) is 7.83. The SMILES string of the molecule is CC.Cc1cnc(Nc2ccc3c(c2)[C@@H]2NC(=O)CO[C@@H]2C3)nc1Nc1ccc(CNS(=O)(=O)C2CC2)cc1. The summed E-state index contributed by atoms with van der Waals surface area (Å²) in [7, 11) is -3.21. The molecule has 0 spiro atoms. The maximum absolute atomic E-state index is 12.0. The number of aromatic nitrogens is 2. The summed E-state index contributed by atoms with van der Waals surface area (Å²) < 4.78 is 32.4. The molecule has 3 aliphatic rings. The Morgan fingerprint density at radius 3 is 2.54 bits per heavy atom. The third-order valence-electron chi connectivity index (χ3n) is 6.90. The molecule has 39 heavy (non-hydrogen) atoms. The molecule has 1 aliphatic heterocycles. The van der Waals surface area contributed by atoms with E-state index in [1.54, 1.807) is 6.20 Å². The molecule has 6 rings (SSSR count). The third-order valence-corrected chi connectivity index (χ3v) is 8.80. The lowest BCUT2D eigenvalue weighted by Gasteiger charge is -2.27. The van der Waals surface area contributed by atoms with Gasteiger partial charge in [0.05, 0.1) is 17.4 Å². The molecule has 2 heterocycles. The lowest BCUT2D eigenvalue weighted by molar-refractivity contribution is -0.136. The summed E-state index contributed by atoms with van der Waals surface area (Å²) in [6, 6.07) is 13.5. The minimum absolute atomic E-state index is 0.0286. The fourth-order valence-electron chi connectivity index (χ4n) is 4.69. The lowest BCUT2D eigenvalue weighted by Crippen LogP contribution is -2.43. The summed E-state index contributed by atoms with van der Waals surface area (Å²) in [6.45, 7) is 6.31. The second-order valence-electron chi connectivity index (χ2n) is 9.75. The number of hydrogen-bond acceptors (Lipinski definition) is 8. The molecule has 2 atom stereocenters. The van der Waals surface area contributed by atoms with Gasteiger partial charge in [-0.15, -0.1) is 0 Å². The van der Waals surface area contributed by atoms with Crippen LogP contribution < -0.4 is 20.7 Å². The van der Waals surface area contributed by atoms with Gasteiger partial charge in [0.25, 0.3) is 0 Å². The van der Waals surface area contributed by atoms with Gasteiger partial charge >= 0.3 is 0 Å². The number of ether oxygens (including phenoxy) is 1. The summed E-state index contributed by atoms with van der Waals surface area (Å²) in [5.41, 5.74) is 5.64. The number of fused-ring (bicyclic) bond motifs is 3. The van der Waals surface area contributed by atoms with E-state index in [-0.39, 0.29) is 36.5 Å². The molecule has 2 aromatic carbocycles. The molecular formula is C28H34N6O4S. The minimum Gasteiger partial charge on any atom is -0.366 e. The van der Waals surface area contributed by atoms with E-state index in [1.165, 1.54) is 5.56 Å². The number of nitrogens with zero attached hydrogens (tertiary/aromatic N) is 2. The monoisotopic (exact) mass is 550 g/mol. The number of benzene rings is 2. The Labute approximate surface area is 229 Å². The molecule has 1 saturated heterocycles. The number of aryl methyl sites for hydroxylation is 1. The van der Waals surface area contributed by atoms with E-state index >= 15 is 0 Å². The fraction of sp³-hybridized carbons (Fsp3) is 0.393. The Bertz CT molecular complexity index is 1460. The van der Waals surface area contributed by atoms with Crippen molar-refractivity contribution >= 4 is 39.1 Å². The predicted octanol–water partition coefficient (Wildman–Crippen LogP) is 3.99. The Hall–Kier alpha value is -3.54. The number of rotatable bonds is 8. The van der Waals surface area contributed by atoms with Crippen LogP contribution in [0.3, 0.4) is 0 Å². The average Bonchev–Trinajstić information content (AvgIpc) is 3.75. The van der Waals surface area contributed by atoms with Crippen molar-refractivity contribution in [2.45, 2.75) is 64.0 Å². The molecule has 10 nitrogen and oxygen atoms in total. The number of nitrogens with one attached hydrogen (secondary N) is 4. The van der Waals surface area contributed by atoms with Gasteiger partial charge in [-0.2, -0.15) is 4.98 Å². The zero-order chi connectivity index (χ0) is 27.6. The largest absolute Gasteiger partial charge is 0.366 e. The second kappa shape index (κ2) is 11.3. The number of sulfonamides is 1. The number of amides is 1. The zero-order valence-electron chi connectivity index (χ0n) is 22.3. The first-order valence-electron chi connectivity index (χ1n) is 13.3. The minimum atomic E-state index is -3.21. The molecule has 1 saturated carbocycles. The maximum atomic E-state index is 12.0. The molecule has 206 valence electrons.